The Hall–Kier alpha value is -2.36. The van der Waals surface area contributed by atoms with Crippen molar-refractivity contribution in [2.75, 3.05) is 11.4 Å². The summed E-state index contributed by atoms with van der Waals surface area (Å²) in [7, 11) is 0. The van der Waals surface area contributed by atoms with Crippen molar-refractivity contribution in [1.29, 1.82) is 0 Å². The standard InChI is InChI=1S/C16H16N2O2/c1-11-8-12-4-2-3-5-14(12)18(10-11)15-6-7-17-9-13(15)16(19)20/h2-7,9,11H,8,10H2,1H3,(H,19,20). The van der Waals surface area contributed by atoms with Crippen molar-refractivity contribution in [3.8, 4) is 0 Å². The van der Waals surface area contributed by atoms with Crippen LogP contribution in [0.15, 0.2) is 42.7 Å². The maximum atomic E-state index is 11.4. The lowest BCUT2D eigenvalue weighted by Crippen LogP contribution is -2.31. The summed E-state index contributed by atoms with van der Waals surface area (Å²) in [5, 5.41) is 9.34. The van der Waals surface area contributed by atoms with Gasteiger partial charge < -0.3 is 10.0 Å². The Morgan fingerprint density at radius 3 is 2.90 bits per heavy atom. The van der Waals surface area contributed by atoms with Gasteiger partial charge in [0.2, 0.25) is 0 Å². The second-order valence-corrected chi connectivity index (χ2v) is 5.25. The van der Waals surface area contributed by atoms with Gasteiger partial charge >= 0.3 is 5.97 Å². The minimum absolute atomic E-state index is 0.247. The van der Waals surface area contributed by atoms with E-state index in [2.05, 4.69) is 22.9 Å². The third-order valence-electron chi connectivity index (χ3n) is 3.66. The van der Waals surface area contributed by atoms with Gasteiger partial charge in [-0.2, -0.15) is 0 Å². The van der Waals surface area contributed by atoms with Crippen molar-refractivity contribution in [2.24, 2.45) is 5.92 Å². The normalized spacial score (nSPS) is 17.6. The number of carbonyl (C=O) groups is 1. The van der Waals surface area contributed by atoms with Crippen molar-refractivity contribution >= 4 is 17.3 Å². The largest absolute Gasteiger partial charge is 0.478 e. The fourth-order valence-corrected chi connectivity index (χ4v) is 2.81. The zero-order valence-electron chi connectivity index (χ0n) is 11.3. The van der Waals surface area contributed by atoms with E-state index in [0.717, 1.165) is 18.7 Å². The Morgan fingerprint density at radius 1 is 1.30 bits per heavy atom. The van der Waals surface area contributed by atoms with Crippen molar-refractivity contribution in [2.45, 2.75) is 13.3 Å². The number of para-hydroxylation sites is 1. The second-order valence-electron chi connectivity index (χ2n) is 5.25. The third kappa shape index (κ3) is 2.13. The number of aromatic nitrogens is 1. The van der Waals surface area contributed by atoms with Crippen LogP contribution in [0.25, 0.3) is 0 Å². The average Bonchev–Trinajstić information content (AvgIpc) is 2.46. The number of aromatic carboxylic acids is 1. The molecule has 4 heteroatoms. The van der Waals surface area contributed by atoms with Crippen LogP contribution in [0.3, 0.4) is 0 Å². The highest BCUT2D eigenvalue weighted by molar-refractivity contribution is 5.95. The number of fused-ring (bicyclic) bond motifs is 1. The van der Waals surface area contributed by atoms with Crippen LogP contribution in [-0.4, -0.2) is 22.6 Å². The lowest BCUT2D eigenvalue weighted by molar-refractivity contribution is 0.0697. The number of anilines is 2. The first-order valence-corrected chi connectivity index (χ1v) is 6.69. The third-order valence-corrected chi connectivity index (χ3v) is 3.66. The highest BCUT2D eigenvalue weighted by atomic mass is 16.4. The van der Waals surface area contributed by atoms with E-state index in [1.54, 1.807) is 12.3 Å². The van der Waals surface area contributed by atoms with E-state index in [1.165, 1.54) is 11.8 Å². The van der Waals surface area contributed by atoms with Gasteiger partial charge in [-0.25, -0.2) is 4.79 Å². The number of rotatable bonds is 2. The van der Waals surface area contributed by atoms with Gasteiger partial charge in [0.15, 0.2) is 0 Å². The molecule has 0 amide bonds. The summed E-state index contributed by atoms with van der Waals surface area (Å²) in [6.45, 7) is 3.01. The monoisotopic (exact) mass is 268 g/mol. The number of hydrogen-bond donors (Lipinski definition) is 1. The predicted molar refractivity (Wildman–Crippen MR) is 77.5 cm³/mol. The first kappa shape index (κ1) is 12.7. The molecule has 0 radical (unpaired) electrons. The topological polar surface area (TPSA) is 53.4 Å². The molecule has 1 unspecified atom stereocenters. The van der Waals surface area contributed by atoms with Crippen LogP contribution in [0, 0.1) is 5.92 Å². The van der Waals surface area contributed by atoms with E-state index in [4.69, 9.17) is 0 Å². The first-order chi connectivity index (χ1) is 9.66. The van der Waals surface area contributed by atoms with Crippen LogP contribution < -0.4 is 4.90 Å². The number of carboxylic acids is 1. The molecule has 1 atom stereocenters. The Morgan fingerprint density at radius 2 is 2.10 bits per heavy atom. The SMILES string of the molecule is CC1Cc2ccccc2N(c2ccncc2C(=O)O)C1. The molecule has 1 aliphatic heterocycles. The van der Waals surface area contributed by atoms with Crippen LogP contribution in [0.5, 0.6) is 0 Å². The Balaban J connectivity index is 2.13. The molecule has 0 spiro atoms. The van der Waals surface area contributed by atoms with Gasteiger partial charge in [-0.3, -0.25) is 4.98 Å². The van der Waals surface area contributed by atoms with Crippen molar-refractivity contribution in [3.05, 3.63) is 53.9 Å². The molecule has 0 bridgehead atoms. The second kappa shape index (κ2) is 4.96. The molecule has 0 aliphatic carbocycles. The molecule has 3 rings (SSSR count). The molecular formula is C16H16N2O2. The van der Waals surface area contributed by atoms with Crippen LogP contribution in [0.1, 0.15) is 22.8 Å². The van der Waals surface area contributed by atoms with E-state index >= 15 is 0 Å². The maximum Gasteiger partial charge on any atom is 0.339 e. The van der Waals surface area contributed by atoms with Gasteiger partial charge in [0, 0.05) is 24.6 Å². The fourth-order valence-electron chi connectivity index (χ4n) is 2.81. The van der Waals surface area contributed by atoms with Crippen LogP contribution in [0.2, 0.25) is 0 Å². The van der Waals surface area contributed by atoms with Crippen molar-refractivity contribution < 1.29 is 9.90 Å². The summed E-state index contributed by atoms with van der Waals surface area (Å²) in [6.07, 6.45) is 4.09. The van der Waals surface area contributed by atoms with Crippen LogP contribution in [-0.2, 0) is 6.42 Å². The summed E-state index contributed by atoms with van der Waals surface area (Å²) in [5.41, 5.74) is 3.32. The Labute approximate surface area is 117 Å². The molecule has 1 aliphatic rings. The van der Waals surface area contributed by atoms with E-state index in [1.807, 2.05) is 18.2 Å². The number of pyridine rings is 1. The van der Waals surface area contributed by atoms with Gasteiger partial charge in [-0.05, 0) is 30.0 Å². The van der Waals surface area contributed by atoms with E-state index in [9.17, 15) is 9.90 Å². The van der Waals surface area contributed by atoms with E-state index in [0.29, 0.717) is 11.6 Å². The molecule has 2 heterocycles. The summed E-state index contributed by atoms with van der Waals surface area (Å²) in [5.74, 6) is -0.455. The molecular weight excluding hydrogens is 252 g/mol. The van der Waals surface area contributed by atoms with E-state index in [-0.39, 0.29) is 5.56 Å². The summed E-state index contributed by atoms with van der Waals surface area (Å²) >= 11 is 0. The minimum atomic E-state index is -0.941. The summed E-state index contributed by atoms with van der Waals surface area (Å²) in [4.78, 5) is 17.4. The van der Waals surface area contributed by atoms with Gasteiger partial charge in [0.25, 0.3) is 0 Å². The number of benzene rings is 1. The predicted octanol–water partition coefficient (Wildman–Crippen LogP) is 3.11. The summed E-state index contributed by atoms with van der Waals surface area (Å²) in [6, 6.07) is 9.95. The van der Waals surface area contributed by atoms with Crippen LogP contribution >= 0.6 is 0 Å². The smallest absolute Gasteiger partial charge is 0.339 e. The van der Waals surface area contributed by atoms with Crippen molar-refractivity contribution in [1.82, 2.24) is 4.98 Å². The van der Waals surface area contributed by atoms with Gasteiger partial charge in [-0.1, -0.05) is 25.1 Å². The molecule has 0 saturated heterocycles. The van der Waals surface area contributed by atoms with Crippen LogP contribution in [0.4, 0.5) is 11.4 Å². The summed E-state index contributed by atoms with van der Waals surface area (Å²) < 4.78 is 0. The molecule has 1 aromatic heterocycles. The number of carboxylic acid groups (broad SMARTS) is 1. The molecule has 102 valence electrons. The number of nitrogens with zero attached hydrogens (tertiary/aromatic N) is 2. The lowest BCUT2D eigenvalue weighted by atomic mass is 9.93. The van der Waals surface area contributed by atoms with Gasteiger partial charge in [0.1, 0.15) is 5.56 Å². The highest BCUT2D eigenvalue weighted by Crippen LogP contribution is 2.36. The number of hydrogen-bond acceptors (Lipinski definition) is 3. The maximum absolute atomic E-state index is 11.4. The lowest BCUT2D eigenvalue weighted by Gasteiger charge is -2.35. The molecule has 2 aromatic rings. The highest BCUT2D eigenvalue weighted by Gasteiger charge is 2.25. The first-order valence-electron chi connectivity index (χ1n) is 6.69. The molecule has 20 heavy (non-hydrogen) atoms. The molecule has 0 saturated carbocycles. The van der Waals surface area contributed by atoms with E-state index < -0.39 is 5.97 Å². The average molecular weight is 268 g/mol. The van der Waals surface area contributed by atoms with Crippen molar-refractivity contribution in [3.63, 3.8) is 0 Å². The minimum Gasteiger partial charge on any atom is -0.478 e. The zero-order valence-corrected chi connectivity index (χ0v) is 11.3. The quantitative estimate of drug-likeness (QED) is 0.909. The fraction of sp³-hybridized carbons (Fsp3) is 0.250. The molecule has 4 nitrogen and oxygen atoms in total. The zero-order chi connectivity index (χ0) is 14.1. The Bertz CT molecular complexity index is 654. The van der Waals surface area contributed by atoms with Gasteiger partial charge in [0.05, 0.1) is 5.69 Å². The van der Waals surface area contributed by atoms with Gasteiger partial charge in [-0.15, -0.1) is 0 Å². The molecule has 0 fully saturated rings. The molecule has 1 aromatic carbocycles. The Kier molecular flexibility index (Phi) is 3.14. The molecule has 1 N–H and O–H groups in total.